The molecule has 0 spiro atoms. The van der Waals surface area contributed by atoms with Gasteiger partial charge >= 0.3 is 6.18 Å². The van der Waals surface area contributed by atoms with Crippen LogP contribution in [0.1, 0.15) is 78.6 Å². The molecule has 4 rings (SSSR count). The van der Waals surface area contributed by atoms with Crippen molar-refractivity contribution >= 4 is 0 Å². The van der Waals surface area contributed by atoms with Gasteiger partial charge in [0.15, 0.2) is 0 Å². The summed E-state index contributed by atoms with van der Waals surface area (Å²) in [6.45, 7) is 11.3. The molecule has 7 unspecified atom stereocenters. The Morgan fingerprint density at radius 1 is 0.885 bits per heavy atom. The lowest BCUT2D eigenvalue weighted by molar-refractivity contribution is -0.207. The highest BCUT2D eigenvalue weighted by Gasteiger charge is 2.61. The number of rotatable bonds is 1. The highest BCUT2D eigenvalue weighted by atomic mass is 19.4. The number of halogens is 3. The van der Waals surface area contributed by atoms with Crippen LogP contribution in [0, 0.1) is 46.3 Å². The first-order chi connectivity index (χ1) is 12.1. The van der Waals surface area contributed by atoms with E-state index in [1.807, 2.05) is 0 Å². The van der Waals surface area contributed by atoms with Gasteiger partial charge in [0.2, 0.25) is 0 Å². The van der Waals surface area contributed by atoms with Gasteiger partial charge in [-0.25, -0.2) is 0 Å². The van der Waals surface area contributed by atoms with Gasteiger partial charge < -0.3 is 0 Å². The Morgan fingerprint density at radius 2 is 1.54 bits per heavy atom. The van der Waals surface area contributed by atoms with Crippen LogP contribution in [0.5, 0.6) is 0 Å². The summed E-state index contributed by atoms with van der Waals surface area (Å²) in [4.78, 5) is 0. The molecular weight excluding hydrogens is 333 g/mol. The van der Waals surface area contributed by atoms with E-state index in [9.17, 15) is 13.2 Å². The first-order valence-electron chi connectivity index (χ1n) is 10.8. The molecule has 0 aromatic carbocycles. The van der Waals surface area contributed by atoms with E-state index in [1.54, 1.807) is 0 Å². The molecule has 0 radical (unpaired) electrons. The molecule has 0 aromatic heterocycles. The van der Waals surface area contributed by atoms with E-state index in [0.717, 1.165) is 24.7 Å². The van der Waals surface area contributed by atoms with E-state index in [-0.39, 0.29) is 11.3 Å². The van der Waals surface area contributed by atoms with Crippen LogP contribution in [0.25, 0.3) is 0 Å². The number of allylic oxidation sites excluding steroid dienone is 1. The van der Waals surface area contributed by atoms with Crippen LogP contribution in [0.4, 0.5) is 13.2 Å². The van der Waals surface area contributed by atoms with Crippen LogP contribution < -0.4 is 0 Å². The maximum absolute atomic E-state index is 13.3. The Labute approximate surface area is 157 Å². The Bertz CT molecular complexity index is 578. The van der Waals surface area contributed by atoms with Crippen LogP contribution in [-0.2, 0) is 0 Å². The highest BCUT2D eigenvalue weighted by Crippen LogP contribution is 2.68. The average molecular weight is 369 g/mol. The van der Waals surface area contributed by atoms with Crippen molar-refractivity contribution in [3.63, 3.8) is 0 Å². The maximum Gasteiger partial charge on any atom is 0.391 e. The molecule has 4 saturated carbocycles. The van der Waals surface area contributed by atoms with Crippen molar-refractivity contribution in [2.24, 2.45) is 46.3 Å². The molecule has 8 atom stereocenters. The summed E-state index contributed by atoms with van der Waals surface area (Å²) in [5.74, 6) is 2.04. The Balaban J connectivity index is 1.57. The molecule has 4 aliphatic carbocycles. The third-order valence-electron chi connectivity index (χ3n) is 9.72. The lowest BCUT2D eigenvalue weighted by Crippen LogP contribution is -2.54. The lowest BCUT2D eigenvalue weighted by atomic mass is 9.44. The fourth-order valence-corrected chi connectivity index (χ4v) is 8.36. The second kappa shape index (κ2) is 6.01. The molecule has 4 fully saturated rings. The van der Waals surface area contributed by atoms with Crippen LogP contribution >= 0.6 is 0 Å². The van der Waals surface area contributed by atoms with E-state index < -0.39 is 12.1 Å². The van der Waals surface area contributed by atoms with Crippen LogP contribution in [0.2, 0.25) is 0 Å². The summed E-state index contributed by atoms with van der Waals surface area (Å²) in [6.07, 6.45) is 4.78. The first-order valence-corrected chi connectivity index (χ1v) is 10.8. The monoisotopic (exact) mass is 368 g/mol. The Kier molecular flexibility index (Phi) is 4.36. The maximum atomic E-state index is 13.3. The van der Waals surface area contributed by atoms with Gasteiger partial charge in [0.25, 0.3) is 0 Å². The molecule has 0 aromatic rings. The quantitative estimate of drug-likeness (QED) is 0.423. The van der Waals surface area contributed by atoms with Crippen molar-refractivity contribution in [3.8, 4) is 0 Å². The van der Waals surface area contributed by atoms with E-state index in [1.165, 1.54) is 37.7 Å². The van der Waals surface area contributed by atoms with Crippen molar-refractivity contribution in [2.45, 2.75) is 84.7 Å². The average Bonchev–Trinajstić information content (AvgIpc) is 2.90. The zero-order chi connectivity index (χ0) is 18.9. The summed E-state index contributed by atoms with van der Waals surface area (Å²) >= 11 is 0. The molecule has 148 valence electrons. The molecule has 0 aliphatic heterocycles. The van der Waals surface area contributed by atoms with Gasteiger partial charge in [-0.15, -0.1) is 0 Å². The predicted molar refractivity (Wildman–Crippen MR) is 99.6 cm³/mol. The molecule has 4 aliphatic rings. The number of fused-ring (bicyclic) bond motifs is 5. The third-order valence-corrected chi connectivity index (χ3v) is 9.72. The van der Waals surface area contributed by atoms with Gasteiger partial charge in [-0.2, -0.15) is 13.2 Å². The van der Waals surface area contributed by atoms with E-state index in [2.05, 4.69) is 27.4 Å². The smallest absolute Gasteiger partial charge is 0.171 e. The number of hydrogen-bond donors (Lipinski definition) is 0. The van der Waals surface area contributed by atoms with Gasteiger partial charge in [0.05, 0.1) is 5.92 Å². The molecule has 0 saturated heterocycles. The summed E-state index contributed by atoms with van der Waals surface area (Å²) in [5, 5.41) is 0. The first kappa shape index (κ1) is 18.9. The normalized spacial score (nSPS) is 51.3. The lowest BCUT2D eigenvalue weighted by Gasteiger charge is -2.61. The van der Waals surface area contributed by atoms with E-state index in [0.29, 0.717) is 30.1 Å². The zero-order valence-electron chi connectivity index (χ0n) is 16.7. The van der Waals surface area contributed by atoms with Crippen LogP contribution in [0.3, 0.4) is 0 Å². The zero-order valence-corrected chi connectivity index (χ0v) is 16.7. The molecule has 0 bridgehead atoms. The largest absolute Gasteiger partial charge is 0.391 e. The highest BCUT2D eigenvalue weighted by molar-refractivity contribution is 5.15. The molecule has 26 heavy (non-hydrogen) atoms. The van der Waals surface area contributed by atoms with Gasteiger partial charge in [-0.3, -0.25) is 0 Å². The summed E-state index contributed by atoms with van der Waals surface area (Å²) in [5.41, 5.74) is 1.88. The van der Waals surface area contributed by atoms with Crippen LogP contribution in [-0.4, -0.2) is 6.18 Å². The molecule has 0 N–H and O–H groups in total. The SMILES string of the molecule is C=C(C)[C@H]1CCC2C3CCC4CC(C(F)(F)F)CCC4(C)C3CCC21C. The van der Waals surface area contributed by atoms with Gasteiger partial charge in [-0.1, -0.05) is 26.0 Å². The third kappa shape index (κ3) is 2.62. The van der Waals surface area contributed by atoms with Crippen molar-refractivity contribution in [2.75, 3.05) is 0 Å². The van der Waals surface area contributed by atoms with Crippen molar-refractivity contribution in [3.05, 3.63) is 12.2 Å². The molecule has 0 nitrogen and oxygen atoms in total. The van der Waals surface area contributed by atoms with E-state index >= 15 is 0 Å². The van der Waals surface area contributed by atoms with Gasteiger partial charge in [-0.05, 0) is 105 Å². The minimum absolute atomic E-state index is 0.146. The molecule has 0 amide bonds. The van der Waals surface area contributed by atoms with Gasteiger partial charge in [0.1, 0.15) is 0 Å². The number of alkyl halides is 3. The number of hydrogen-bond acceptors (Lipinski definition) is 0. The molecule has 0 heterocycles. The fraction of sp³-hybridized carbons (Fsp3) is 0.913. The standard InChI is InChI=1S/C23H35F3/c1-14(2)18-7-8-19-17-6-5-15-13-16(23(24,25)26)9-11-21(15,3)20(17)10-12-22(18,19)4/h15-20H,1,5-13H2,2-4H3/t15?,16?,17?,18-,19?,20?,21?,22?/m1/s1. The molecule has 3 heteroatoms. The predicted octanol–water partition coefficient (Wildman–Crippen LogP) is 7.40. The second-order valence-corrected chi connectivity index (χ2v) is 10.7. The minimum atomic E-state index is -4.00. The summed E-state index contributed by atoms with van der Waals surface area (Å²) < 4.78 is 39.9. The molecular formula is C23H35F3. The van der Waals surface area contributed by atoms with Crippen molar-refractivity contribution in [1.82, 2.24) is 0 Å². The van der Waals surface area contributed by atoms with Crippen molar-refractivity contribution in [1.29, 1.82) is 0 Å². The Hall–Kier alpha value is -0.470. The summed E-state index contributed by atoms with van der Waals surface area (Å²) in [7, 11) is 0. The second-order valence-electron chi connectivity index (χ2n) is 10.7. The topological polar surface area (TPSA) is 0 Å². The van der Waals surface area contributed by atoms with E-state index in [4.69, 9.17) is 0 Å². The minimum Gasteiger partial charge on any atom is -0.171 e. The van der Waals surface area contributed by atoms with Crippen molar-refractivity contribution < 1.29 is 13.2 Å². The summed E-state index contributed by atoms with van der Waals surface area (Å²) in [6, 6.07) is 0. The Morgan fingerprint density at radius 3 is 2.19 bits per heavy atom. The van der Waals surface area contributed by atoms with Crippen LogP contribution in [0.15, 0.2) is 12.2 Å². The fourth-order valence-electron chi connectivity index (χ4n) is 8.36. The van der Waals surface area contributed by atoms with Gasteiger partial charge in [0, 0.05) is 0 Å².